The normalized spacial score (nSPS) is 10.2. The van der Waals surface area contributed by atoms with Crippen LogP contribution in [-0.4, -0.2) is 22.0 Å². The third-order valence-electron chi connectivity index (χ3n) is 3.66. The van der Waals surface area contributed by atoms with E-state index in [0.717, 1.165) is 11.4 Å². The predicted molar refractivity (Wildman–Crippen MR) is 97.0 cm³/mol. The van der Waals surface area contributed by atoms with Crippen molar-refractivity contribution in [2.45, 2.75) is 6.54 Å². The first-order valence-electron chi connectivity index (χ1n) is 7.94. The number of hydrogen-bond donors (Lipinski definition) is 2. The number of nitrogens with one attached hydrogen (secondary N) is 2. The van der Waals surface area contributed by atoms with E-state index in [4.69, 9.17) is 0 Å². The number of hydrogen-bond acceptors (Lipinski definition) is 4. The number of aromatic nitrogens is 2. The van der Waals surface area contributed by atoms with Gasteiger partial charge in [0.25, 0.3) is 11.5 Å². The lowest BCUT2D eigenvalue weighted by atomic mass is 10.1. The Kier molecular flexibility index (Phi) is 5.21. The number of rotatable bonds is 6. The molecular weight excluding hydrogens is 316 g/mol. The lowest BCUT2D eigenvalue weighted by molar-refractivity contribution is 0.0953. The molecule has 1 amide bonds. The number of para-hydroxylation sites is 2. The minimum atomic E-state index is -0.198. The quantitative estimate of drug-likeness (QED) is 0.726. The van der Waals surface area contributed by atoms with Gasteiger partial charge < -0.3 is 10.6 Å². The van der Waals surface area contributed by atoms with Crippen LogP contribution in [0.4, 0.5) is 11.4 Å². The van der Waals surface area contributed by atoms with Crippen molar-refractivity contribution in [3.8, 4) is 0 Å². The highest BCUT2D eigenvalue weighted by Gasteiger charge is 2.10. The maximum absolute atomic E-state index is 12.5. The molecule has 6 heteroatoms. The van der Waals surface area contributed by atoms with Gasteiger partial charge in [-0.2, -0.15) is 0 Å². The molecule has 0 saturated carbocycles. The molecule has 25 heavy (non-hydrogen) atoms. The molecule has 0 unspecified atom stereocenters. The summed E-state index contributed by atoms with van der Waals surface area (Å²) in [7, 11) is 0. The van der Waals surface area contributed by atoms with Crippen LogP contribution < -0.4 is 16.2 Å². The van der Waals surface area contributed by atoms with E-state index in [-0.39, 0.29) is 11.5 Å². The molecule has 0 radical (unpaired) electrons. The van der Waals surface area contributed by atoms with Crippen molar-refractivity contribution in [3.05, 3.63) is 89.1 Å². The van der Waals surface area contributed by atoms with Crippen LogP contribution in [0.3, 0.4) is 0 Å². The largest absolute Gasteiger partial charge is 0.355 e. The molecule has 1 heterocycles. The van der Waals surface area contributed by atoms with E-state index >= 15 is 0 Å². The number of benzene rings is 2. The van der Waals surface area contributed by atoms with Crippen molar-refractivity contribution >= 4 is 17.3 Å². The van der Waals surface area contributed by atoms with Crippen molar-refractivity contribution in [2.24, 2.45) is 0 Å². The second kappa shape index (κ2) is 7.92. The van der Waals surface area contributed by atoms with Crippen LogP contribution in [-0.2, 0) is 6.54 Å². The van der Waals surface area contributed by atoms with Gasteiger partial charge in [0.1, 0.15) is 0 Å². The van der Waals surface area contributed by atoms with Crippen LogP contribution in [0.15, 0.2) is 78.0 Å². The molecule has 0 aliphatic carbocycles. The van der Waals surface area contributed by atoms with Gasteiger partial charge in [0, 0.05) is 31.0 Å². The predicted octanol–water partition coefficient (Wildman–Crippen LogP) is 2.42. The Hall–Kier alpha value is -3.41. The van der Waals surface area contributed by atoms with Gasteiger partial charge in [-0.3, -0.25) is 14.2 Å². The maximum atomic E-state index is 12.5. The number of amides is 1. The summed E-state index contributed by atoms with van der Waals surface area (Å²) >= 11 is 0. The van der Waals surface area contributed by atoms with Crippen molar-refractivity contribution < 1.29 is 4.79 Å². The van der Waals surface area contributed by atoms with Crippen molar-refractivity contribution in [1.29, 1.82) is 0 Å². The van der Waals surface area contributed by atoms with Gasteiger partial charge in [-0.1, -0.05) is 30.3 Å². The standard InChI is InChI=1S/C19H18N4O2/c24-18-10-11-20-14-23(18)13-12-21-19(25)16-8-4-5-9-17(16)22-15-6-2-1-3-7-15/h1-11,14,22H,12-13H2,(H,21,25). The molecule has 0 aliphatic rings. The van der Waals surface area contributed by atoms with Gasteiger partial charge in [0.15, 0.2) is 0 Å². The van der Waals surface area contributed by atoms with Crippen LogP contribution in [0.1, 0.15) is 10.4 Å². The summed E-state index contributed by atoms with van der Waals surface area (Å²) < 4.78 is 1.45. The highest BCUT2D eigenvalue weighted by atomic mass is 16.1. The first kappa shape index (κ1) is 16.4. The van der Waals surface area contributed by atoms with Gasteiger partial charge in [-0.05, 0) is 24.3 Å². The number of carbonyl (C=O) groups excluding carboxylic acids is 1. The Morgan fingerprint density at radius 1 is 1.00 bits per heavy atom. The molecule has 0 atom stereocenters. The van der Waals surface area contributed by atoms with Crippen LogP contribution in [0, 0.1) is 0 Å². The van der Waals surface area contributed by atoms with Gasteiger partial charge in [0.2, 0.25) is 0 Å². The van der Waals surface area contributed by atoms with E-state index < -0.39 is 0 Å². The molecule has 0 saturated heterocycles. The monoisotopic (exact) mass is 334 g/mol. The van der Waals surface area contributed by atoms with Crippen LogP contribution in [0.2, 0.25) is 0 Å². The van der Waals surface area contributed by atoms with E-state index in [1.807, 2.05) is 48.5 Å². The first-order chi connectivity index (χ1) is 12.2. The molecule has 6 nitrogen and oxygen atoms in total. The Labute approximate surface area is 145 Å². The fraction of sp³-hybridized carbons (Fsp3) is 0.105. The summed E-state index contributed by atoms with van der Waals surface area (Å²) in [4.78, 5) is 28.0. The summed E-state index contributed by atoms with van der Waals surface area (Å²) in [5.41, 5.74) is 2.04. The fourth-order valence-corrected chi connectivity index (χ4v) is 2.40. The van der Waals surface area contributed by atoms with Gasteiger partial charge in [-0.25, -0.2) is 4.98 Å². The highest BCUT2D eigenvalue weighted by molar-refractivity contribution is 6.00. The lowest BCUT2D eigenvalue weighted by Crippen LogP contribution is -2.30. The lowest BCUT2D eigenvalue weighted by Gasteiger charge is -2.12. The molecule has 1 aromatic heterocycles. The van der Waals surface area contributed by atoms with E-state index in [0.29, 0.717) is 18.7 Å². The maximum Gasteiger partial charge on any atom is 0.253 e. The molecular formula is C19H18N4O2. The molecule has 3 aromatic rings. The van der Waals surface area contributed by atoms with Gasteiger partial charge >= 0.3 is 0 Å². The highest BCUT2D eigenvalue weighted by Crippen LogP contribution is 2.20. The summed E-state index contributed by atoms with van der Waals surface area (Å²) in [6.45, 7) is 0.705. The minimum absolute atomic E-state index is 0.143. The fourth-order valence-electron chi connectivity index (χ4n) is 2.40. The SMILES string of the molecule is O=C(NCCn1cnccc1=O)c1ccccc1Nc1ccccc1. The van der Waals surface area contributed by atoms with E-state index in [2.05, 4.69) is 15.6 Å². The molecule has 0 spiro atoms. The van der Waals surface area contributed by atoms with E-state index in [9.17, 15) is 9.59 Å². The van der Waals surface area contributed by atoms with Crippen molar-refractivity contribution in [1.82, 2.24) is 14.9 Å². The van der Waals surface area contributed by atoms with Crippen LogP contribution >= 0.6 is 0 Å². The zero-order chi connectivity index (χ0) is 17.5. The third-order valence-corrected chi connectivity index (χ3v) is 3.66. The number of carbonyl (C=O) groups is 1. The van der Waals surface area contributed by atoms with Crippen molar-refractivity contribution in [3.63, 3.8) is 0 Å². The van der Waals surface area contributed by atoms with Crippen molar-refractivity contribution in [2.75, 3.05) is 11.9 Å². The summed E-state index contributed by atoms with van der Waals surface area (Å²) in [6.07, 6.45) is 2.91. The second-order valence-electron chi connectivity index (χ2n) is 5.40. The molecule has 2 N–H and O–H groups in total. The van der Waals surface area contributed by atoms with Crippen LogP contribution in [0.5, 0.6) is 0 Å². The first-order valence-corrected chi connectivity index (χ1v) is 7.94. The Morgan fingerprint density at radius 2 is 1.76 bits per heavy atom. The zero-order valence-electron chi connectivity index (χ0n) is 13.6. The average Bonchev–Trinajstić information content (AvgIpc) is 2.64. The van der Waals surface area contributed by atoms with Crippen LogP contribution in [0.25, 0.3) is 0 Å². The smallest absolute Gasteiger partial charge is 0.253 e. The molecule has 0 fully saturated rings. The van der Waals surface area contributed by atoms with Gasteiger partial charge in [0.05, 0.1) is 17.6 Å². The third kappa shape index (κ3) is 4.32. The summed E-state index contributed by atoms with van der Waals surface area (Å²) in [6, 6.07) is 18.4. The topological polar surface area (TPSA) is 76.0 Å². The second-order valence-corrected chi connectivity index (χ2v) is 5.40. The Bertz CT molecular complexity index is 906. The van der Waals surface area contributed by atoms with E-state index in [1.54, 1.807) is 6.07 Å². The van der Waals surface area contributed by atoms with Gasteiger partial charge in [-0.15, -0.1) is 0 Å². The average molecular weight is 334 g/mol. The molecule has 3 rings (SSSR count). The Balaban J connectivity index is 1.66. The molecule has 0 bridgehead atoms. The molecule has 2 aromatic carbocycles. The minimum Gasteiger partial charge on any atom is -0.355 e. The van der Waals surface area contributed by atoms with E-state index in [1.165, 1.54) is 23.2 Å². The number of anilines is 2. The Morgan fingerprint density at radius 3 is 2.56 bits per heavy atom. The summed E-state index contributed by atoms with van der Waals surface area (Å²) in [5, 5.41) is 6.08. The summed E-state index contributed by atoms with van der Waals surface area (Å²) in [5.74, 6) is -0.198. The number of nitrogens with zero attached hydrogens (tertiary/aromatic N) is 2. The molecule has 126 valence electrons. The zero-order valence-corrected chi connectivity index (χ0v) is 13.6. The molecule has 0 aliphatic heterocycles.